The lowest BCUT2D eigenvalue weighted by atomic mass is 10.3. The van der Waals surface area contributed by atoms with Gasteiger partial charge in [-0.15, -0.1) is 0 Å². The van der Waals surface area contributed by atoms with Crippen molar-refractivity contribution in [3.05, 3.63) is 47.9 Å². The standard InChI is InChI=1S/C15H17N3O3/c19-15(17-11-5-2-1-3-6-11)13-9-12(18-21-13)10-20-14-7-4-8-16-14/h1-3,5-6,9,14,16H,4,7-8,10H2,(H,17,19). The number of carbonyl (C=O) groups excluding carboxylic acids is 1. The second-order valence-electron chi connectivity index (χ2n) is 4.90. The summed E-state index contributed by atoms with van der Waals surface area (Å²) in [5.74, 6) is -0.143. The lowest BCUT2D eigenvalue weighted by molar-refractivity contribution is 0.0281. The molecule has 3 rings (SSSR count). The number of nitrogens with one attached hydrogen (secondary N) is 2. The molecule has 21 heavy (non-hydrogen) atoms. The summed E-state index contributed by atoms with van der Waals surface area (Å²) >= 11 is 0. The Hall–Kier alpha value is -2.18. The van der Waals surface area contributed by atoms with Crippen molar-refractivity contribution in [1.29, 1.82) is 0 Å². The van der Waals surface area contributed by atoms with Crippen LogP contribution >= 0.6 is 0 Å². The molecule has 1 aromatic carbocycles. The van der Waals surface area contributed by atoms with Crippen molar-refractivity contribution in [2.75, 3.05) is 11.9 Å². The summed E-state index contributed by atoms with van der Waals surface area (Å²) in [5, 5.41) is 9.82. The monoisotopic (exact) mass is 287 g/mol. The molecule has 0 saturated carbocycles. The van der Waals surface area contributed by atoms with Crippen LogP contribution < -0.4 is 10.6 Å². The van der Waals surface area contributed by atoms with Gasteiger partial charge in [0.05, 0.1) is 6.61 Å². The van der Waals surface area contributed by atoms with E-state index in [2.05, 4.69) is 15.8 Å². The van der Waals surface area contributed by atoms with Gasteiger partial charge in [-0.05, 0) is 31.5 Å². The van der Waals surface area contributed by atoms with Crippen LogP contribution in [0.5, 0.6) is 0 Å². The Morgan fingerprint density at radius 2 is 2.29 bits per heavy atom. The highest BCUT2D eigenvalue weighted by Gasteiger charge is 2.17. The van der Waals surface area contributed by atoms with E-state index >= 15 is 0 Å². The van der Waals surface area contributed by atoms with Crippen molar-refractivity contribution in [2.45, 2.75) is 25.7 Å². The van der Waals surface area contributed by atoms with Crippen LogP contribution in [0.25, 0.3) is 0 Å². The number of benzene rings is 1. The summed E-state index contributed by atoms with van der Waals surface area (Å²) in [6, 6.07) is 10.8. The fraction of sp³-hybridized carbons (Fsp3) is 0.333. The summed E-state index contributed by atoms with van der Waals surface area (Å²) in [4.78, 5) is 12.0. The van der Waals surface area contributed by atoms with Gasteiger partial charge in [-0.25, -0.2) is 0 Å². The molecule has 1 aliphatic heterocycles. The van der Waals surface area contributed by atoms with Gasteiger partial charge in [0.15, 0.2) is 0 Å². The first-order valence-electron chi connectivity index (χ1n) is 6.98. The van der Waals surface area contributed by atoms with Crippen molar-refractivity contribution in [2.24, 2.45) is 0 Å². The maximum atomic E-state index is 12.0. The van der Waals surface area contributed by atoms with E-state index in [0.717, 1.165) is 19.4 Å². The Bertz CT molecular complexity index is 591. The van der Waals surface area contributed by atoms with Gasteiger partial charge in [0.2, 0.25) is 5.76 Å². The number of carbonyl (C=O) groups is 1. The van der Waals surface area contributed by atoms with Crippen LogP contribution in [0, 0.1) is 0 Å². The number of aromatic nitrogens is 1. The molecule has 110 valence electrons. The van der Waals surface area contributed by atoms with Crippen LogP contribution in [-0.4, -0.2) is 23.8 Å². The van der Waals surface area contributed by atoms with Crippen LogP contribution in [0.2, 0.25) is 0 Å². The topological polar surface area (TPSA) is 76.4 Å². The Balaban J connectivity index is 1.55. The van der Waals surface area contributed by atoms with Gasteiger partial charge in [0.25, 0.3) is 5.91 Å². The van der Waals surface area contributed by atoms with E-state index < -0.39 is 0 Å². The molecule has 2 N–H and O–H groups in total. The molecule has 1 aliphatic rings. The number of rotatable bonds is 5. The second-order valence-corrected chi connectivity index (χ2v) is 4.90. The molecule has 1 amide bonds. The summed E-state index contributed by atoms with van der Waals surface area (Å²) < 4.78 is 10.7. The van der Waals surface area contributed by atoms with E-state index in [0.29, 0.717) is 18.0 Å². The number of ether oxygens (including phenoxy) is 1. The van der Waals surface area contributed by atoms with Crippen molar-refractivity contribution >= 4 is 11.6 Å². The highest BCUT2D eigenvalue weighted by Crippen LogP contribution is 2.12. The molecule has 0 aliphatic carbocycles. The van der Waals surface area contributed by atoms with E-state index in [1.54, 1.807) is 6.07 Å². The van der Waals surface area contributed by atoms with Gasteiger partial charge >= 0.3 is 0 Å². The third-order valence-electron chi connectivity index (χ3n) is 3.26. The second kappa shape index (κ2) is 6.51. The summed E-state index contributed by atoms with van der Waals surface area (Å²) in [6.07, 6.45) is 2.19. The van der Waals surface area contributed by atoms with Gasteiger partial charge in [0, 0.05) is 11.8 Å². The molecular formula is C15H17N3O3. The van der Waals surface area contributed by atoms with Gasteiger partial charge in [-0.2, -0.15) is 0 Å². The molecule has 1 aromatic heterocycles. The molecular weight excluding hydrogens is 270 g/mol. The molecule has 6 nitrogen and oxygen atoms in total. The largest absolute Gasteiger partial charge is 0.357 e. The first-order valence-corrected chi connectivity index (χ1v) is 6.98. The fourth-order valence-electron chi connectivity index (χ4n) is 2.18. The zero-order valence-corrected chi connectivity index (χ0v) is 11.5. The lowest BCUT2D eigenvalue weighted by Crippen LogP contribution is -2.24. The third kappa shape index (κ3) is 3.68. The summed E-state index contributed by atoms with van der Waals surface area (Å²) in [7, 11) is 0. The number of nitrogens with zero attached hydrogens (tertiary/aromatic N) is 1. The fourth-order valence-corrected chi connectivity index (χ4v) is 2.18. The van der Waals surface area contributed by atoms with Crippen LogP contribution in [-0.2, 0) is 11.3 Å². The van der Waals surface area contributed by atoms with Crippen molar-refractivity contribution in [1.82, 2.24) is 10.5 Å². The average molecular weight is 287 g/mol. The molecule has 1 saturated heterocycles. The molecule has 1 atom stereocenters. The smallest absolute Gasteiger partial charge is 0.294 e. The number of anilines is 1. The van der Waals surface area contributed by atoms with Crippen LogP contribution in [0.4, 0.5) is 5.69 Å². The minimum absolute atomic E-state index is 0.0725. The molecule has 0 spiro atoms. The SMILES string of the molecule is O=C(Nc1ccccc1)c1cc(COC2CCCN2)no1. The molecule has 0 radical (unpaired) electrons. The van der Waals surface area contributed by atoms with E-state index in [1.807, 2.05) is 30.3 Å². The number of amides is 1. The van der Waals surface area contributed by atoms with Gasteiger partial charge in [0.1, 0.15) is 11.9 Å². The predicted molar refractivity (Wildman–Crippen MR) is 76.7 cm³/mol. The summed E-state index contributed by atoms with van der Waals surface area (Å²) in [5.41, 5.74) is 1.33. The number of hydrogen-bond acceptors (Lipinski definition) is 5. The van der Waals surface area contributed by atoms with E-state index in [9.17, 15) is 4.79 Å². The van der Waals surface area contributed by atoms with E-state index in [4.69, 9.17) is 9.26 Å². The van der Waals surface area contributed by atoms with Crippen LogP contribution in [0.15, 0.2) is 40.9 Å². The van der Waals surface area contributed by atoms with Gasteiger partial charge < -0.3 is 14.6 Å². The number of hydrogen-bond donors (Lipinski definition) is 2. The predicted octanol–water partition coefficient (Wildman–Crippen LogP) is 2.15. The third-order valence-corrected chi connectivity index (χ3v) is 3.26. The Kier molecular flexibility index (Phi) is 4.28. The highest BCUT2D eigenvalue weighted by molar-refractivity contribution is 6.02. The molecule has 1 fully saturated rings. The maximum absolute atomic E-state index is 12.0. The Morgan fingerprint density at radius 1 is 1.43 bits per heavy atom. The quantitative estimate of drug-likeness (QED) is 0.881. The first kappa shape index (κ1) is 13.8. The normalized spacial score (nSPS) is 17.8. The Labute approximate surface area is 122 Å². The van der Waals surface area contributed by atoms with Crippen molar-refractivity contribution < 1.29 is 14.1 Å². The van der Waals surface area contributed by atoms with Gasteiger partial charge in [-0.3, -0.25) is 10.1 Å². The van der Waals surface area contributed by atoms with E-state index in [1.165, 1.54) is 0 Å². The molecule has 2 aromatic rings. The van der Waals surface area contributed by atoms with E-state index in [-0.39, 0.29) is 17.9 Å². The first-order chi connectivity index (χ1) is 10.3. The maximum Gasteiger partial charge on any atom is 0.294 e. The summed E-state index contributed by atoms with van der Waals surface area (Å²) in [6.45, 7) is 1.31. The van der Waals surface area contributed by atoms with Crippen LogP contribution in [0.3, 0.4) is 0 Å². The molecule has 0 bridgehead atoms. The lowest BCUT2D eigenvalue weighted by Gasteiger charge is -2.09. The minimum atomic E-state index is -0.320. The highest BCUT2D eigenvalue weighted by atomic mass is 16.5. The zero-order valence-electron chi connectivity index (χ0n) is 11.5. The Morgan fingerprint density at radius 3 is 3.05 bits per heavy atom. The molecule has 6 heteroatoms. The zero-order chi connectivity index (χ0) is 14.5. The number of para-hydroxylation sites is 1. The van der Waals surface area contributed by atoms with Crippen molar-refractivity contribution in [3.63, 3.8) is 0 Å². The molecule has 2 heterocycles. The van der Waals surface area contributed by atoms with Gasteiger partial charge in [-0.1, -0.05) is 23.4 Å². The van der Waals surface area contributed by atoms with Crippen LogP contribution in [0.1, 0.15) is 29.1 Å². The average Bonchev–Trinajstić information content (AvgIpc) is 3.18. The minimum Gasteiger partial charge on any atom is -0.357 e. The van der Waals surface area contributed by atoms with Crippen molar-refractivity contribution in [3.8, 4) is 0 Å². The molecule has 1 unspecified atom stereocenters.